The van der Waals surface area contributed by atoms with Gasteiger partial charge in [0.25, 0.3) is 0 Å². The van der Waals surface area contributed by atoms with E-state index in [1.54, 1.807) is 0 Å². The van der Waals surface area contributed by atoms with Crippen LogP contribution in [-0.2, 0) is 0 Å². The Kier molecular flexibility index (Phi) is 4.36. The Morgan fingerprint density at radius 3 is 2.21 bits per heavy atom. The smallest absolute Gasteiger partial charge is 0.183 e. The highest BCUT2D eigenvalue weighted by Crippen LogP contribution is 2.40. The summed E-state index contributed by atoms with van der Waals surface area (Å²) in [5, 5.41) is 19.0. The Morgan fingerprint density at radius 1 is 0.842 bits per heavy atom. The molecule has 5 heteroatoms. The molecule has 0 bridgehead atoms. The van der Waals surface area contributed by atoms with Crippen LogP contribution in [0, 0.1) is 0 Å². The Labute approximate surface area is 115 Å². The van der Waals surface area contributed by atoms with Gasteiger partial charge < -0.3 is 19.7 Å². The topological polar surface area (TPSA) is 58.9 Å². The lowest BCUT2D eigenvalue weighted by atomic mass is 10.3. The van der Waals surface area contributed by atoms with Crippen molar-refractivity contribution in [3.05, 3.63) is 47.5 Å². The van der Waals surface area contributed by atoms with Crippen LogP contribution in [0.1, 0.15) is 0 Å². The SMILES string of the molecule is Oc1ccc(O)c(OCCOc2ccccc2)c1Cl. The van der Waals surface area contributed by atoms with Crippen LogP contribution in [0.4, 0.5) is 0 Å². The molecule has 0 saturated heterocycles. The third-order valence-electron chi connectivity index (χ3n) is 2.40. The Bertz CT molecular complexity index is 543. The zero-order valence-corrected chi connectivity index (χ0v) is 10.8. The van der Waals surface area contributed by atoms with Gasteiger partial charge in [0.15, 0.2) is 11.5 Å². The van der Waals surface area contributed by atoms with E-state index in [4.69, 9.17) is 21.1 Å². The fourth-order valence-electron chi connectivity index (χ4n) is 1.49. The quantitative estimate of drug-likeness (QED) is 0.652. The second kappa shape index (κ2) is 6.20. The van der Waals surface area contributed by atoms with Crippen molar-refractivity contribution in [2.24, 2.45) is 0 Å². The lowest BCUT2D eigenvalue weighted by Gasteiger charge is -2.11. The summed E-state index contributed by atoms with van der Waals surface area (Å²) in [6, 6.07) is 11.9. The van der Waals surface area contributed by atoms with E-state index in [1.807, 2.05) is 30.3 Å². The van der Waals surface area contributed by atoms with Crippen molar-refractivity contribution < 1.29 is 19.7 Å². The summed E-state index contributed by atoms with van der Waals surface area (Å²) in [5.74, 6) is 0.525. The molecule has 0 amide bonds. The van der Waals surface area contributed by atoms with E-state index >= 15 is 0 Å². The minimum atomic E-state index is -0.140. The molecule has 2 aromatic carbocycles. The first-order valence-corrected chi connectivity index (χ1v) is 6.07. The normalized spacial score (nSPS) is 10.2. The molecule has 0 aromatic heterocycles. The number of ether oxygens (including phenoxy) is 2. The summed E-state index contributed by atoms with van der Waals surface area (Å²) in [5.41, 5.74) is 0. The highest BCUT2D eigenvalue weighted by atomic mass is 35.5. The summed E-state index contributed by atoms with van der Waals surface area (Å²) < 4.78 is 10.7. The number of benzene rings is 2. The van der Waals surface area contributed by atoms with Gasteiger partial charge in [0, 0.05) is 0 Å². The van der Waals surface area contributed by atoms with E-state index in [-0.39, 0.29) is 28.9 Å². The molecular weight excluding hydrogens is 268 g/mol. The number of halogens is 1. The Morgan fingerprint density at radius 2 is 1.47 bits per heavy atom. The Balaban J connectivity index is 1.88. The molecule has 2 rings (SSSR count). The van der Waals surface area contributed by atoms with Crippen molar-refractivity contribution in [1.82, 2.24) is 0 Å². The number of rotatable bonds is 5. The lowest BCUT2D eigenvalue weighted by Crippen LogP contribution is -2.09. The molecule has 2 N–H and O–H groups in total. The number of phenolic OH excluding ortho intramolecular Hbond substituents is 2. The molecular formula is C14H13ClO4. The average molecular weight is 281 g/mol. The average Bonchev–Trinajstić information content (AvgIpc) is 2.43. The molecule has 100 valence electrons. The van der Waals surface area contributed by atoms with Gasteiger partial charge in [-0.2, -0.15) is 0 Å². The predicted molar refractivity (Wildman–Crippen MR) is 72.2 cm³/mol. The van der Waals surface area contributed by atoms with Gasteiger partial charge >= 0.3 is 0 Å². The number of para-hydroxylation sites is 1. The summed E-state index contributed by atoms with van der Waals surface area (Å²) in [4.78, 5) is 0. The standard InChI is InChI=1S/C14H13ClO4/c15-13-11(16)6-7-12(17)14(13)19-9-8-18-10-4-2-1-3-5-10/h1-7,16-17H,8-9H2. The molecule has 0 aliphatic carbocycles. The third kappa shape index (κ3) is 3.45. The van der Waals surface area contributed by atoms with E-state index in [0.717, 1.165) is 5.75 Å². The molecule has 0 atom stereocenters. The number of hydrogen-bond acceptors (Lipinski definition) is 4. The van der Waals surface area contributed by atoms with Gasteiger partial charge in [0.2, 0.25) is 0 Å². The molecule has 0 aliphatic heterocycles. The van der Waals surface area contributed by atoms with Crippen molar-refractivity contribution in [2.75, 3.05) is 13.2 Å². The summed E-state index contributed by atoms with van der Waals surface area (Å²) in [6.45, 7) is 0.501. The van der Waals surface area contributed by atoms with Gasteiger partial charge in [0.05, 0.1) is 0 Å². The van der Waals surface area contributed by atoms with E-state index in [1.165, 1.54) is 12.1 Å². The fraction of sp³-hybridized carbons (Fsp3) is 0.143. The van der Waals surface area contributed by atoms with E-state index in [2.05, 4.69) is 0 Å². The van der Waals surface area contributed by atoms with Crippen LogP contribution in [0.15, 0.2) is 42.5 Å². The van der Waals surface area contributed by atoms with Crippen LogP contribution < -0.4 is 9.47 Å². The maximum absolute atomic E-state index is 9.57. The molecule has 0 fully saturated rings. The van der Waals surface area contributed by atoms with Crippen LogP contribution in [0.2, 0.25) is 5.02 Å². The first-order valence-electron chi connectivity index (χ1n) is 5.69. The minimum absolute atomic E-state index is 0.0142. The van der Waals surface area contributed by atoms with Crippen LogP contribution in [0.3, 0.4) is 0 Å². The van der Waals surface area contributed by atoms with Crippen molar-refractivity contribution in [3.63, 3.8) is 0 Å². The molecule has 0 spiro atoms. The second-order valence-corrected chi connectivity index (χ2v) is 4.13. The maximum atomic E-state index is 9.57. The van der Waals surface area contributed by atoms with Gasteiger partial charge in [-0.15, -0.1) is 0 Å². The number of phenols is 2. The zero-order chi connectivity index (χ0) is 13.7. The summed E-state index contributed by atoms with van der Waals surface area (Å²) in [6.07, 6.45) is 0. The minimum Gasteiger partial charge on any atom is -0.506 e. The van der Waals surface area contributed by atoms with Gasteiger partial charge in [-0.3, -0.25) is 0 Å². The van der Waals surface area contributed by atoms with Crippen molar-refractivity contribution in [2.45, 2.75) is 0 Å². The lowest BCUT2D eigenvalue weighted by molar-refractivity contribution is 0.211. The number of aromatic hydroxyl groups is 2. The first kappa shape index (κ1) is 13.4. The molecule has 4 nitrogen and oxygen atoms in total. The third-order valence-corrected chi connectivity index (χ3v) is 2.76. The molecule has 0 heterocycles. The summed E-state index contributed by atoms with van der Waals surface area (Å²) in [7, 11) is 0. The van der Waals surface area contributed by atoms with Crippen LogP contribution in [0.25, 0.3) is 0 Å². The van der Waals surface area contributed by atoms with E-state index in [9.17, 15) is 10.2 Å². The van der Waals surface area contributed by atoms with E-state index < -0.39 is 0 Å². The van der Waals surface area contributed by atoms with Gasteiger partial charge in [-0.25, -0.2) is 0 Å². The molecule has 0 radical (unpaired) electrons. The Hall–Kier alpha value is -2.07. The largest absolute Gasteiger partial charge is 0.506 e. The zero-order valence-electron chi connectivity index (χ0n) is 10.0. The van der Waals surface area contributed by atoms with Crippen molar-refractivity contribution in [3.8, 4) is 23.0 Å². The first-order chi connectivity index (χ1) is 9.18. The van der Waals surface area contributed by atoms with Gasteiger partial charge in [-0.05, 0) is 24.3 Å². The molecule has 0 unspecified atom stereocenters. The predicted octanol–water partition coefficient (Wildman–Crippen LogP) is 3.21. The van der Waals surface area contributed by atoms with Gasteiger partial charge in [0.1, 0.15) is 29.7 Å². The maximum Gasteiger partial charge on any atom is 0.183 e. The summed E-state index contributed by atoms with van der Waals surface area (Å²) >= 11 is 5.82. The highest BCUT2D eigenvalue weighted by Gasteiger charge is 2.12. The van der Waals surface area contributed by atoms with Crippen LogP contribution in [-0.4, -0.2) is 23.4 Å². The van der Waals surface area contributed by atoms with Gasteiger partial charge in [-0.1, -0.05) is 29.8 Å². The van der Waals surface area contributed by atoms with Crippen LogP contribution in [0.5, 0.6) is 23.0 Å². The van der Waals surface area contributed by atoms with Crippen LogP contribution >= 0.6 is 11.6 Å². The van der Waals surface area contributed by atoms with Crippen molar-refractivity contribution >= 4 is 11.6 Å². The highest BCUT2D eigenvalue weighted by molar-refractivity contribution is 6.33. The molecule has 0 saturated carbocycles. The molecule has 19 heavy (non-hydrogen) atoms. The number of hydrogen-bond donors (Lipinski definition) is 2. The molecule has 2 aromatic rings. The second-order valence-electron chi connectivity index (χ2n) is 3.76. The monoisotopic (exact) mass is 280 g/mol. The fourth-order valence-corrected chi connectivity index (χ4v) is 1.71. The van der Waals surface area contributed by atoms with Crippen molar-refractivity contribution in [1.29, 1.82) is 0 Å². The van der Waals surface area contributed by atoms with E-state index in [0.29, 0.717) is 6.61 Å². The molecule has 0 aliphatic rings.